The first-order chi connectivity index (χ1) is 8.38. The van der Waals surface area contributed by atoms with Crippen LogP contribution >= 0.6 is 0 Å². The van der Waals surface area contributed by atoms with Gasteiger partial charge in [0.25, 0.3) is 0 Å². The standard InChI is InChI=1S/C12H18O5/c1(7-3-13-7)9(11-5-15-11)17-10(12-6-16-12)2-8-4-14-8/h7-12H,1-6H2. The minimum absolute atomic E-state index is 0.176. The topological polar surface area (TPSA) is 59.4 Å². The maximum atomic E-state index is 6.19. The molecule has 0 N–H and O–H groups in total. The maximum absolute atomic E-state index is 6.19. The van der Waals surface area contributed by atoms with Crippen LogP contribution in [0.4, 0.5) is 0 Å². The number of hydrogen-bond donors (Lipinski definition) is 0. The van der Waals surface area contributed by atoms with Crippen molar-refractivity contribution in [2.24, 2.45) is 0 Å². The van der Waals surface area contributed by atoms with Gasteiger partial charge in [0, 0.05) is 12.8 Å². The van der Waals surface area contributed by atoms with Crippen molar-refractivity contribution in [2.45, 2.75) is 49.5 Å². The van der Waals surface area contributed by atoms with Crippen molar-refractivity contribution in [1.29, 1.82) is 0 Å². The van der Waals surface area contributed by atoms with Crippen molar-refractivity contribution in [3.63, 3.8) is 0 Å². The van der Waals surface area contributed by atoms with Gasteiger partial charge in [0.2, 0.25) is 0 Å². The van der Waals surface area contributed by atoms with Gasteiger partial charge >= 0.3 is 0 Å². The molecule has 5 nitrogen and oxygen atoms in total. The van der Waals surface area contributed by atoms with Crippen LogP contribution in [0, 0.1) is 0 Å². The van der Waals surface area contributed by atoms with E-state index >= 15 is 0 Å². The largest absolute Gasteiger partial charge is 0.373 e. The Morgan fingerprint density at radius 3 is 1.47 bits per heavy atom. The molecule has 0 aromatic carbocycles. The lowest BCUT2D eigenvalue weighted by molar-refractivity contribution is -0.0500. The molecule has 0 aromatic heterocycles. The molecule has 96 valence electrons. The third-order valence-corrected chi connectivity index (χ3v) is 3.69. The van der Waals surface area contributed by atoms with Crippen molar-refractivity contribution in [3.05, 3.63) is 0 Å². The van der Waals surface area contributed by atoms with E-state index in [1.165, 1.54) is 0 Å². The molecule has 0 aromatic rings. The summed E-state index contributed by atoms with van der Waals surface area (Å²) in [6.07, 6.45) is 3.61. The molecule has 5 heteroatoms. The molecule has 4 fully saturated rings. The lowest BCUT2D eigenvalue weighted by Crippen LogP contribution is -2.32. The van der Waals surface area contributed by atoms with Gasteiger partial charge < -0.3 is 23.7 Å². The minimum Gasteiger partial charge on any atom is -0.373 e. The highest BCUT2D eigenvalue weighted by Crippen LogP contribution is 2.32. The Hall–Kier alpha value is -0.200. The third-order valence-electron chi connectivity index (χ3n) is 3.69. The molecule has 4 rings (SSSR count). The summed E-state index contributed by atoms with van der Waals surface area (Å²) in [5.41, 5.74) is 0. The van der Waals surface area contributed by atoms with Crippen molar-refractivity contribution in [2.75, 3.05) is 26.4 Å². The summed E-state index contributed by atoms with van der Waals surface area (Å²) in [4.78, 5) is 0. The number of rotatable bonds is 8. The van der Waals surface area contributed by atoms with Crippen LogP contribution < -0.4 is 0 Å². The summed E-state index contributed by atoms with van der Waals surface area (Å²) < 4.78 is 27.5. The van der Waals surface area contributed by atoms with Crippen LogP contribution in [0.25, 0.3) is 0 Å². The van der Waals surface area contributed by atoms with Gasteiger partial charge in [0.05, 0.1) is 50.8 Å². The molecule has 4 heterocycles. The molecule has 0 radical (unpaired) electrons. The van der Waals surface area contributed by atoms with E-state index in [4.69, 9.17) is 23.7 Å². The van der Waals surface area contributed by atoms with Gasteiger partial charge in [-0.05, 0) is 0 Å². The normalized spacial score (nSPS) is 45.2. The second-order valence-electron chi connectivity index (χ2n) is 5.34. The summed E-state index contributed by atoms with van der Waals surface area (Å²) >= 11 is 0. The molecule has 0 amide bonds. The summed E-state index contributed by atoms with van der Waals surface area (Å²) in [5, 5.41) is 0. The monoisotopic (exact) mass is 242 g/mol. The Morgan fingerprint density at radius 1 is 0.765 bits per heavy atom. The van der Waals surface area contributed by atoms with Gasteiger partial charge in [-0.2, -0.15) is 0 Å². The van der Waals surface area contributed by atoms with E-state index in [1.54, 1.807) is 0 Å². The summed E-state index contributed by atoms with van der Waals surface area (Å²) in [7, 11) is 0. The maximum Gasteiger partial charge on any atom is 0.107 e. The van der Waals surface area contributed by atoms with Crippen LogP contribution in [-0.2, 0) is 23.7 Å². The Morgan fingerprint density at radius 2 is 1.18 bits per heavy atom. The highest BCUT2D eigenvalue weighted by molar-refractivity contribution is 4.91. The molecule has 0 bridgehead atoms. The van der Waals surface area contributed by atoms with E-state index in [-0.39, 0.29) is 24.4 Å². The Kier molecular flexibility index (Phi) is 2.63. The van der Waals surface area contributed by atoms with Crippen LogP contribution in [0.2, 0.25) is 0 Å². The highest BCUT2D eigenvalue weighted by atomic mass is 16.6. The zero-order valence-corrected chi connectivity index (χ0v) is 9.75. The first-order valence-corrected chi connectivity index (χ1v) is 6.50. The van der Waals surface area contributed by atoms with Crippen LogP contribution in [-0.4, -0.2) is 63.1 Å². The molecule has 17 heavy (non-hydrogen) atoms. The molecule has 4 aliphatic rings. The zero-order valence-electron chi connectivity index (χ0n) is 9.75. The molecular formula is C12H18O5. The Bertz CT molecular complexity index is 253. The van der Waals surface area contributed by atoms with Gasteiger partial charge in [0.15, 0.2) is 0 Å². The van der Waals surface area contributed by atoms with Crippen LogP contribution in [0.15, 0.2) is 0 Å². The van der Waals surface area contributed by atoms with Gasteiger partial charge in [0.1, 0.15) is 12.2 Å². The summed E-state index contributed by atoms with van der Waals surface area (Å²) in [6.45, 7) is 3.41. The van der Waals surface area contributed by atoms with Crippen molar-refractivity contribution in [3.8, 4) is 0 Å². The van der Waals surface area contributed by atoms with E-state index in [0.29, 0.717) is 12.2 Å². The molecular weight excluding hydrogens is 224 g/mol. The highest BCUT2D eigenvalue weighted by Gasteiger charge is 2.44. The van der Waals surface area contributed by atoms with E-state index in [9.17, 15) is 0 Å². The summed E-state index contributed by atoms with van der Waals surface area (Å²) in [6, 6.07) is 0. The predicted molar refractivity (Wildman–Crippen MR) is 56.9 cm³/mol. The lowest BCUT2D eigenvalue weighted by Gasteiger charge is -2.22. The van der Waals surface area contributed by atoms with E-state index in [0.717, 1.165) is 39.3 Å². The molecule has 4 saturated heterocycles. The average Bonchev–Trinajstić information content (AvgIpc) is 3.20. The predicted octanol–water partition coefficient (Wildman–Crippen LogP) is 0.116. The second kappa shape index (κ2) is 4.17. The van der Waals surface area contributed by atoms with Gasteiger partial charge in [-0.3, -0.25) is 0 Å². The first kappa shape index (κ1) is 10.7. The molecule has 0 spiro atoms. The van der Waals surface area contributed by atoms with Gasteiger partial charge in [-0.25, -0.2) is 0 Å². The quantitative estimate of drug-likeness (QED) is 0.566. The van der Waals surface area contributed by atoms with Crippen molar-refractivity contribution >= 4 is 0 Å². The smallest absolute Gasteiger partial charge is 0.107 e. The van der Waals surface area contributed by atoms with Crippen LogP contribution in [0.5, 0.6) is 0 Å². The van der Waals surface area contributed by atoms with E-state index in [1.807, 2.05) is 0 Å². The SMILES string of the molecule is C1OC1CC(OC(CC1CO1)C1CO1)C1CO1. The average molecular weight is 242 g/mol. The van der Waals surface area contributed by atoms with Crippen LogP contribution in [0.1, 0.15) is 12.8 Å². The van der Waals surface area contributed by atoms with E-state index < -0.39 is 0 Å². The van der Waals surface area contributed by atoms with Gasteiger partial charge in [-0.15, -0.1) is 0 Å². The van der Waals surface area contributed by atoms with Crippen LogP contribution in [0.3, 0.4) is 0 Å². The Labute approximate surface area is 100 Å². The third kappa shape index (κ3) is 2.98. The minimum atomic E-state index is 0.176. The van der Waals surface area contributed by atoms with Crippen molar-refractivity contribution in [1.82, 2.24) is 0 Å². The Balaban J connectivity index is 1.33. The molecule has 6 unspecified atom stereocenters. The fourth-order valence-electron chi connectivity index (χ4n) is 2.28. The molecule has 0 aliphatic carbocycles. The summed E-state index contributed by atoms with van der Waals surface area (Å²) in [5.74, 6) is 0. The lowest BCUT2D eigenvalue weighted by atomic mass is 10.1. The molecule has 4 aliphatic heterocycles. The first-order valence-electron chi connectivity index (χ1n) is 6.50. The second-order valence-corrected chi connectivity index (χ2v) is 5.34. The number of ether oxygens (including phenoxy) is 5. The molecule has 0 saturated carbocycles. The zero-order chi connectivity index (χ0) is 11.2. The fraction of sp³-hybridized carbons (Fsp3) is 1.00. The van der Waals surface area contributed by atoms with Crippen molar-refractivity contribution < 1.29 is 23.7 Å². The number of hydrogen-bond acceptors (Lipinski definition) is 5. The fourth-order valence-corrected chi connectivity index (χ4v) is 2.28. The molecule has 6 atom stereocenters. The van der Waals surface area contributed by atoms with Gasteiger partial charge in [-0.1, -0.05) is 0 Å². The van der Waals surface area contributed by atoms with E-state index in [2.05, 4.69) is 0 Å². The number of epoxide rings is 4.